The first kappa shape index (κ1) is 19.7. The van der Waals surface area contributed by atoms with Crippen molar-refractivity contribution in [3.05, 3.63) is 119 Å². The Morgan fingerprint density at radius 2 is 0.735 bits per heavy atom. The molecule has 0 amide bonds. The minimum Gasteiger partial charge on any atom is -0.309 e. The summed E-state index contributed by atoms with van der Waals surface area (Å²) in [4.78, 5) is 0. The van der Waals surface area contributed by atoms with Crippen LogP contribution in [0.2, 0.25) is 10.0 Å². The molecular weight excluding hydrogens is 459 g/mol. The lowest BCUT2D eigenvalue weighted by atomic mass is 10.1. The first-order valence-electron chi connectivity index (χ1n) is 11.2. The molecule has 5 aromatic carbocycles. The fraction of sp³-hybridized carbons (Fsp3) is 0. The van der Waals surface area contributed by atoms with E-state index in [0.29, 0.717) is 0 Å². The van der Waals surface area contributed by atoms with Crippen LogP contribution < -0.4 is 0 Å². The largest absolute Gasteiger partial charge is 0.309 e. The van der Waals surface area contributed by atoms with Crippen LogP contribution in [-0.4, -0.2) is 9.13 Å². The van der Waals surface area contributed by atoms with E-state index in [9.17, 15) is 0 Å². The van der Waals surface area contributed by atoms with Gasteiger partial charge in [-0.25, -0.2) is 0 Å². The van der Waals surface area contributed by atoms with E-state index < -0.39 is 0 Å². The average molecular weight is 477 g/mol. The Hall–Kier alpha value is -3.72. The Labute approximate surface area is 206 Å². The van der Waals surface area contributed by atoms with Crippen LogP contribution in [0.1, 0.15) is 0 Å². The molecular formula is C30H18Cl2N2. The number of fused-ring (bicyclic) bond motifs is 7. The number of hydrogen-bond acceptors (Lipinski definition) is 0. The number of para-hydroxylation sites is 2. The Morgan fingerprint density at radius 3 is 1.15 bits per heavy atom. The van der Waals surface area contributed by atoms with Crippen molar-refractivity contribution >= 4 is 66.8 Å². The highest BCUT2D eigenvalue weighted by Crippen LogP contribution is 2.45. The van der Waals surface area contributed by atoms with Crippen LogP contribution in [0.25, 0.3) is 55.0 Å². The standard InChI is InChI=1S/C30H18Cl2N2/c31-21-13-7-15-23-27(21)29-25(33(23)19-9-3-1-4-10-19)17-18-26-30(29)28-22(32)14-8-16-24(28)34(26)20-11-5-2-6-12-20/h1-18H. The summed E-state index contributed by atoms with van der Waals surface area (Å²) in [6.45, 7) is 0. The van der Waals surface area contributed by atoms with E-state index in [1.54, 1.807) is 0 Å². The zero-order valence-corrected chi connectivity index (χ0v) is 19.6. The van der Waals surface area contributed by atoms with Crippen LogP contribution in [0.4, 0.5) is 0 Å². The predicted molar refractivity (Wildman–Crippen MR) is 145 cm³/mol. The highest BCUT2D eigenvalue weighted by molar-refractivity contribution is 6.44. The van der Waals surface area contributed by atoms with Crippen LogP contribution in [-0.2, 0) is 0 Å². The molecule has 0 aliphatic rings. The molecule has 0 N–H and O–H groups in total. The number of benzene rings is 5. The van der Waals surface area contributed by atoms with Crippen molar-refractivity contribution < 1.29 is 0 Å². The van der Waals surface area contributed by atoms with E-state index in [1.807, 2.05) is 36.4 Å². The van der Waals surface area contributed by atoms with Crippen LogP contribution in [0, 0.1) is 0 Å². The van der Waals surface area contributed by atoms with E-state index in [4.69, 9.17) is 23.2 Å². The molecule has 0 saturated carbocycles. The molecule has 0 saturated heterocycles. The summed E-state index contributed by atoms with van der Waals surface area (Å²) >= 11 is 13.8. The SMILES string of the molecule is Clc1cccc2c1c1c3c4c(Cl)cccc4n(-c4ccccc4)c3ccc1n2-c1ccccc1. The van der Waals surface area contributed by atoms with Crippen LogP contribution >= 0.6 is 23.2 Å². The molecule has 7 rings (SSSR count). The zero-order valence-electron chi connectivity index (χ0n) is 18.0. The van der Waals surface area contributed by atoms with Gasteiger partial charge in [-0.2, -0.15) is 0 Å². The van der Waals surface area contributed by atoms with Crippen LogP contribution in [0.5, 0.6) is 0 Å². The van der Waals surface area contributed by atoms with Gasteiger partial charge in [0.05, 0.1) is 32.1 Å². The highest BCUT2D eigenvalue weighted by atomic mass is 35.5. The molecule has 2 nitrogen and oxygen atoms in total. The number of halogens is 2. The van der Waals surface area contributed by atoms with Crippen molar-refractivity contribution in [2.75, 3.05) is 0 Å². The lowest BCUT2D eigenvalue weighted by molar-refractivity contribution is 1.17. The van der Waals surface area contributed by atoms with E-state index in [0.717, 1.165) is 65.0 Å². The minimum atomic E-state index is 0.734. The summed E-state index contributed by atoms with van der Waals surface area (Å²) in [5, 5.41) is 5.79. The van der Waals surface area contributed by atoms with Crippen LogP contribution in [0.15, 0.2) is 109 Å². The molecule has 0 radical (unpaired) electrons. The molecule has 0 bridgehead atoms. The molecule has 2 aromatic heterocycles. The second-order valence-electron chi connectivity index (χ2n) is 8.46. The summed E-state index contributed by atoms with van der Waals surface area (Å²) in [5.41, 5.74) is 6.56. The third-order valence-electron chi connectivity index (χ3n) is 6.64. The molecule has 162 valence electrons. The zero-order chi connectivity index (χ0) is 22.8. The van der Waals surface area contributed by atoms with Gasteiger partial charge < -0.3 is 9.13 Å². The summed E-state index contributed by atoms with van der Waals surface area (Å²) in [5.74, 6) is 0. The Morgan fingerprint density at radius 1 is 0.353 bits per heavy atom. The van der Waals surface area contributed by atoms with Gasteiger partial charge in [0.1, 0.15) is 0 Å². The van der Waals surface area contributed by atoms with Gasteiger partial charge in [0.15, 0.2) is 0 Å². The fourth-order valence-electron chi connectivity index (χ4n) is 5.32. The van der Waals surface area contributed by atoms with Gasteiger partial charge in [0.25, 0.3) is 0 Å². The molecule has 34 heavy (non-hydrogen) atoms. The lowest BCUT2D eigenvalue weighted by Gasteiger charge is -2.09. The van der Waals surface area contributed by atoms with Crippen molar-refractivity contribution in [3.63, 3.8) is 0 Å². The van der Waals surface area contributed by atoms with Crippen molar-refractivity contribution in [3.8, 4) is 11.4 Å². The maximum absolute atomic E-state index is 6.90. The smallest absolute Gasteiger partial charge is 0.0556 e. The maximum atomic E-state index is 6.90. The van der Waals surface area contributed by atoms with Crippen molar-refractivity contribution in [2.24, 2.45) is 0 Å². The third kappa shape index (κ3) is 2.64. The maximum Gasteiger partial charge on any atom is 0.0556 e. The molecule has 0 unspecified atom stereocenters. The molecule has 0 aliphatic heterocycles. The molecule has 0 spiro atoms. The quantitative estimate of drug-likeness (QED) is 0.235. The fourth-order valence-corrected chi connectivity index (χ4v) is 5.85. The summed E-state index contributed by atoms with van der Waals surface area (Å²) in [6, 6.07) is 37.5. The van der Waals surface area contributed by atoms with Crippen molar-refractivity contribution in [1.82, 2.24) is 9.13 Å². The van der Waals surface area contributed by atoms with Gasteiger partial charge in [-0.3, -0.25) is 0 Å². The monoisotopic (exact) mass is 476 g/mol. The van der Waals surface area contributed by atoms with Gasteiger partial charge in [-0.05, 0) is 60.7 Å². The first-order chi connectivity index (χ1) is 16.7. The van der Waals surface area contributed by atoms with E-state index in [-0.39, 0.29) is 0 Å². The number of hydrogen-bond donors (Lipinski definition) is 0. The summed E-state index contributed by atoms with van der Waals surface area (Å²) in [7, 11) is 0. The molecule has 2 heterocycles. The molecule has 0 atom stereocenters. The Balaban J connectivity index is 1.79. The molecule has 7 aromatic rings. The third-order valence-corrected chi connectivity index (χ3v) is 7.27. The Bertz CT molecular complexity index is 1720. The lowest BCUT2D eigenvalue weighted by Crippen LogP contribution is -1.94. The summed E-state index contributed by atoms with van der Waals surface area (Å²) in [6.07, 6.45) is 0. The van der Waals surface area contributed by atoms with Gasteiger partial charge in [0, 0.05) is 32.9 Å². The van der Waals surface area contributed by atoms with Gasteiger partial charge in [-0.15, -0.1) is 0 Å². The first-order valence-corrected chi connectivity index (χ1v) is 11.9. The topological polar surface area (TPSA) is 9.86 Å². The summed E-state index contributed by atoms with van der Waals surface area (Å²) < 4.78 is 4.58. The molecule has 4 heteroatoms. The Kier molecular flexibility index (Phi) is 4.29. The normalized spacial score (nSPS) is 11.8. The van der Waals surface area contributed by atoms with E-state index in [1.165, 1.54) is 0 Å². The number of nitrogens with zero attached hydrogens (tertiary/aromatic N) is 2. The van der Waals surface area contributed by atoms with E-state index in [2.05, 4.69) is 81.9 Å². The number of rotatable bonds is 2. The predicted octanol–water partition coefficient (Wildman–Crippen LogP) is 9.19. The van der Waals surface area contributed by atoms with Crippen molar-refractivity contribution in [2.45, 2.75) is 0 Å². The second kappa shape index (κ2) is 7.39. The van der Waals surface area contributed by atoms with Gasteiger partial charge >= 0.3 is 0 Å². The molecule has 0 aliphatic carbocycles. The second-order valence-corrected chi connectivity index (χ2v) is 9.28. The minimum absolute atomic E-state index is 0.734. The van der Waals surface area contributed by atoms with Gasteiger partial charge in [0.2, 0.25) is 0 Å². The average Bonchev–Trinajstić information content (AvgIpc) is 3.39. The number of aromatic nitrogens is 2. The van der Waals surface area contributed by atoms with Gasteiger partial charge in [-0.1, -0.05) is 71.7 Å². The van der Waals surface area contributed by atoms with Crippen LogP contribution in [0.3, 0.4) is 0 Å². The highest BCUT2D eigenvalue weighted by Gasteiger charge is 2.22. The van der Waals surface area contributed by atoms with E-state index >= 15 is 0 Å². The molecule has 0 fully saturated rings. The van der Waals surface area contributed by atoms with Crippen molar-refractivity contribution in [1.29, 1.82) is 0 Å².